The maximum absolute atomic E-state index is 10.5. The number of halogens is 1. The predicted octanol–water partition coefficient (Wildman–Crippen LogP) is 1.61. The van der Waals surface area contributed by atoms with Crippen molar-refractivity contribution in [3.05, 3.63) is 0 Å². The van der Waals surface area contributed by atoms with Gasteiger partial charge in [0.2, 0.25) is 0 Å². The molecule has 0 saturated heterocycles. The van der Waals surface area contributed by atoms with E-state index in [9.17, 15) is 9.59 Å². The molecule has 0 heterocycles. The van der Waals surface area contributed by atoms with Gasteiger partial charge in [0, 0.05) is 35.6 Å². The van der Waals surface area contributed by atoms with Crippen LogP contribution in [-0.4, -0.2) is 30.2 Å². The van der Waals surface area contributed by atoms with Crippen LogP contribution in [0.5, 0.6) is 0 Å². The third kappa shape index (κ3) is 21.1. The normalized spacial score (nSPS) is 8.18. The molecule has 6 heteroatoms. The minimum absolute atomic E-state index is 0.00154. The number of hydrogen-bond acceptors (Lipinski definition) is 4. The van der Waals surface area contributed by atoms with Gasteiger partial charge in [-0.15, -0.1) is 0 Å². The van der Waals surface area contributed by atoms with E-state index in [1.165, 1.54) is 0 Å². The third-order valence-electron chi connectivity index (χ3n) is 1.49. The number of ether oxygens (including phenoxy) is 1. The van der Waals surface area contributed by atoms with Gasteiger partial charge in [0.05, 0.1) is 13.0 Å². The van der Waals surface area contributed by atoms with E-state index < -0.39 is 6.09 Å². The fraction of sp³-hybridized carbons (Fsp3) is 0.636. The van der Waals surface area contributed by atoms with Gasteiger partial charge in [-0.2, -0.15) is 0 Å². The largest absolute Gasteiger partial charge is 0.450 e. The van der Waals surface area contributed by atoms with E-state index >= 15 is 0 Å². The number of primary amides is 1. The topological polar surface area (TPSA) is 89.6 Å². The van der Waals surface area contributed by atoms with E-state index in [0.29, 0.717) is 6.61 Å². The zero-order chi connectivity index (χ0) is 13.5. The van der Waals surface area contributed by atoms with Crippen LogP contribution in [0.15, 0.2) is 0 Å². The second kappa shape index (κ2) is 15.2. The number of amides is 1. The summed E-state index contributed by atoms with van der Waals surface area (Å²) in [6, 6.07) is 0. The summed E-state index contributed by atoms with van der Waals surface area (Å²) in [5.74, 6) is 2.61. The van der Waals surface area contributed by atoms with Crippen LogP contribution < -0.4 is 5.73 Å². The molecule has 0 atom stereocenters. The Morgan fingerprint density at radius 1 is 1.47 bits per heavy atom. The molecule has 0 unspecified atom stereocenters. The van der Waals surface area contributed by atoms with E-state index in [0.717, 1.165) is 12.8 Å². The monoisotopic (exact) mass is 355 g/mol. The Morgan fingerprint density at radius 3 is 2.53 bits per heavy atom. The minimum Gasteiger partial charge on any atom is -0.450 e. The fourth-order valence-electron chi connectivity index (χ4n) is 0.662. The van der Waals surface area contributed by atoms with E-state index in [1.54, 1.807) is 0 Å². The molecule has 98 valence electrons. The highest BCUT2D eigenvalue weighted by Crippen LogP contribution is 1.87. The maximum atomic E-state index is 10.5. The quantitative estimate of drug-likeness (QED) is 0.430. The number of Topliss-reactive ketones (excluding diaryl/α,β-unsaturated/α-hetero) is 1. The van der Waals surface area contributed by atoms with Crippen molar-refractivity contribution in [2.45, 2.75) is 32.6 Å². The molecule has 0 aliphatic rings. The van der Waals surface area contributed by atoms with E-state index in [-0.39, 0.29) is 25.2 Å². The van der Waals surface area contributed by atoms with Gasteiger partial charge in [0.25, 0.3) is 0 Å². The molecular formula is C11H18INO4. The molecule has 0 radical (unpaired) electrons. The van der Waals surface area contributed by atoms with Gasteiger partial charge in [-0.1, -0.05) is 19.3 Å². The lowest BCUT2D eigenvalue weighted by Gasteiger charge is -1.95. The van der Waals surface area contributed by atoms with Gasteiger partial charge >= 0.3 is 6.09 Å². The van der Waals surface area contributed by atoms with Gasteiger partial charge in [-0.25, -0.2) is 4.79 Å². The van der Waals surface area contributed by atoms with Crippen molar-refractivity contribution in [2.75, 3.05) is 13.2 Å². The molecule has 0 saturated carbocycles. The van der Waals surface area contributed by atoms with Crippen molar-refractivity contribution in [2.24, 2.45) is 5.73 Å². The molecule has 0 aliphatic heterocycles. The van der Waals surface area contributed by atoms with Gasteiger partial charge in [0.1, 0.15) is 5.78 Å². The number of carbonyl (C=O) groups is 2. The molecule has 0 rings (SSSR count). The number of aliphatic hydroxyl groups is 1. The summed E-state index contributed by atoms with van der Waals surface area (Å²) in [5, 5.41) is 8.27. The Morgan fingerprint density at radius 2 is 2.12 bits per heavy atom. The number of carbonyl (C=O) groups excluding carboxylic acids is 2. The second-order valence-corrected chi connectivity index (χ2v) is 3.52. The molecule has 5 nitrogen and oxygen atoms in total. The van der Waals surface area contributed by atoms with Crippen LogP contribution in [0.3, 0.4) is 0 Å². The first-order chi connectivity index (χ1) is 8.08. The lowest BCUT2D eigenvalue weighted by molar-refractivity contribution is -0.118. The van der Waals surface area contributed by atoms with Crippen LogP contribution in [-0.2, 0) is 9.53 Å². The van der Waals surface area contributed by atoms with E-state index in [1.807, 2.05) is 29.5 Å². The van der Waals surface area contributed by atoms with Crippen LogP contribution >= 0.6 is 22.6 Å². The number of rotatable bonds is 6. The number of unbranched alkanes of at least 4 members (excludes halogenated alkanes) is 1. The van der Waals surface area contributed by atoms with Crippen LogP contribution in [0.1, 0.15) is 32.6 Å². The second-order valence-electron chi connectivity index (χ2n) is 2.98. The molecule has 0 bridgehead atoms. The number of ketones is 1. The highest BCUT2D eigenvalue weighted by molar-refractivity contribution is 14.1. The van der Waals surface area contributed by atoms with Gasteiger partial charge in [0.15, 0.2) is 0 Å². The Kier molecular flexibility index (Phi) is 16.6. The highest BCUT2D eigenvalue weighted by atomic mass is 127. The Hall–Kier alpha value is -0.810. The van der Waals surface area contributed by atoms with Crippen LogP contribution in [0.2, 0.25) is 0 Å². The van der Waals surface area contributed by atoms with Crippen molar-refractivity contribution in [1.82, 2.24) is 0 Å². The molecule has 1 amide bonds. The molecule has 0 aromatic heterocycles. The van der Waals surface area contributed by atoms with E-state index in [4.69, 9.17) is 5.11 Å². The van der Waals surface area contributed by atoms with Gasteiger partial charge < -0.3 is 15.6 Å². The molecular weight excluding hydrogens is 337 g/mol. The summed E-state index contributed by atoms with van der Waals surface area (Å²) >= 11 is 1.87. The Labute approximate surface area is 115 Å². The van der Waals surface area contributed by atoms with Gasteiger partial charge in [-0.05, 0) is 10.3 Å². The van der Waals surface area contributed by atoms with Gasteiger partial charge in [-0.3, -0.25) is 4.79 Å². The third-order valence-corrected chi connectivity index (χ3v) is 1.87. The smallest absolute Gasteiger partial charge is 0.404 e. The molecule has 3 N–H and O–H groups in total. The van der Waals surface area contributed by atoms with Crippen molar-refractivity contribution in [1.29, 1.82) is 0 Å². The summed E-state index contributed by atoms with van der Waals surface area (Å²) in [5.41, 5.74) is 4.67. The highest BCUT2D eigenvalue weighted by Gasteiger charge is 1.95. The first-order valence-corrected chi connectivity index (χ1v) is 6.29. The SMILES string of the molecule is CCCCOC(N)=O.O=C(CC#CI)CCO. The Bertz CT molecular complexity index is 270. The summed E-state index contributed by atoms with van der Waals surface area (Å²) in [7, 11) is 0. The van der Waals surface area contributed by atoms with Crippen LogP contribution in [0.4, 0.5) is 4.79 Å². The average Bonchev–Trinajstić information content (AvgIpc) is 2.27. The molecule has 0 spiro atoms. The molecule has 0 aromatic carbocycles. The summed E-state index contributed by atoms with van der Waals surface area (Å²) in [6.07, 6.45) is 1.73. The number of hydrogen-bond donors (Lipinski definition) is 2. The maximum Gasteiger partial charge on any atom is 0.404 e. The first-order valence-electron chi connectivity index (χ1n) is 5.21. The number of aliphatic hydroxyl groups excluding tert-OH is 1. The van der Waals surface area contributed by atoms with Crippen LogP contribution in [0, 0.1) is 9.85 Å². The van der Waals surface area contributed by atoms with Crippen molar-refractivity contribution in [3.63, 3.8) is 0 Å². The van der Waals surface area contributed by atoms with Crippen LogP contribution in [0.25, 0.3) is 0 Å². The molecule has 0 fully saturated rings. The lowest BCUT2D eigenvalue weighted by atomic mass is 10.2. The lowest BCUT2D eigenvalue weighted by Crippen LogP contribution is -2.13. The van der Waals surface area contributed by atoms with Crippen molar-refractivity contribution in [3.8, 4) is 9.85 Å². The molecule has 0 aliphatic carbocycles. The summed E-state index contributed by atoms with van der Waals surface area (Å²) in [6.45, 7) is 2.40. The summed E-state index contributed by atoms with van der Waals surface area (Å²) < 4.78 is 7.00. The molecule has 17 heavy (non-hydrogen) atoms. The van der Waals surface area contributed by atoms with E-state index in [2.05, 4.69) is 20.3 Å². The number of nitrogens with two attached hydrogens (primary N) is 1. The zero-order valence-corrected chi connectivity index (χ0v) is 12.0. The predicted molar refractivity (Wildman–Crippen MR) is 73.6 cm³/mol. The average molecular weight is 355 g/mol. The van der Waals surface area contributed by atoms with Crippen molar-refractivity contribution >= 4 is 34.5 Å². The van der Waals surface area contributed by atoms with Crippen molar-refractivity contribution < 1.29 is 19.4 Å². The first kappa shape index (κ1) is 18.6. The summed E-state index contributed by atoms with van der Waals surface area (Å²) in [4.78, 5) is 20.4. The zero-order valence-electron chi connectivity index (χ0n) is 9.87. The molecule has 0 aromatic rings. The fourth-order valence-corrected chi connectivity index (χ4v) is 0.853. The minimum atomic E-state index is -0.682. The Balaban J connectivity index is 0. The standard InChI is InChI=1S/C6H7IO2.C5H11NO2/c7-4-1-2-6(9)3-5-8;1-2-3-4-8-5(6)7/h8H,2-3,5H2;2-4H2,1H3,(H2,6,7).